The first-order valence-corrected chi connectivity index (χ1v) is 11.6. The van der Waals surface area contributed by atoms with Crippen molar-refractivity contribution < 1.29 is 0 Å². The van der Waals surface area contributed by atoms with Gasteiger partial charge in [0.05, 0.1) is 0 Å². The third kappa shape index (κ3) is 3.20. The van der Waals surface area contributed by atoms with Gasteiger partial charge in [0.2, 0.25) is 0 Å². The Morgan fingerprint density at radius 1 is 1.07 bits per heavy atom. The van der Waals surface area contributed by atoms with E-state index in [9.17, 15) is 4.79 Å². The molecule has 0 saturated heterocycles. The number of fused-ring (bicyclic) bond motifs is 3. The maximum absolute atomic E-state index is 12.5. The van der Waals surface area contributed by atoms with Gasteiger partial charge in [-0.3, -0.25) is 9.48 Å². The number of pyridine rings is 1. The number of nitrogens with one attached hydrogen (secondary N) is 2. The fraction of sp³-hybridized carbons (Fsp3) is 0.520. The zero-order valence-corrected chi connectivity index (χ0v) is 17.7. The van der Waals surface area contributed by atoms with Gasteiger partial charge in [0.15, 0.2) is 0 Å². The molecule has 0 bridgehead atoms. The molecule has 5 nitrogen and oxygen atoms in total. The van der Waals surface area contributed by atoms with Crippen LogP contribution in [0.25, 0.3) is 22.3 Å². The van der Waals surface area contributed by atoms with Crippen LogP contribution < -0.4 is 10.9 Å². The topological polar surface area (TPSA) is 62.7 Å². The number of hydrogen-bond donors (Lipinski definition) is 2. The van der Waals surface area contributed by atoms with Crippen LogP contribution in [0.2, 0.25) is 0 Å². The molecule has 0 spiro atoms. The molecule has 2 saturated carbocycles. The summed E-state index contributed by atoms with van der Waals surface area (Å²) in [6, 6.07) is 9.59. The first-order valence-electron chi connectivity index (χ1n) is 11.6. The van der Waals surface area contributed by atoms with Gasteiger partial charge in [-0.05, 0) is 74.3 Å². The number of H-pyrrole nitrogens is 1. The summed E-state index contributed by atoms with van der Waals surface area (Å²) < 4.78 is 1.83. The van der Waals surface area contributed by atoms with Crippen LogP contribution in [0, 0.1) is 11.8 Å². The van der Waals surface area contributed by atoms with Gasteiger partial charge in [0.25, 0.3) is 5.56 Å². The predicted octanol–water partition coefficient (Wildman–Crippen LogP) is 4.09. The summed E-state index contributed by atoms with van der Waals surface area (Å²) in [5.74, 6) is 1.84. The minimum atomic E-state index is 0.0639. The van der Waals surface area contributed by atoms with Gasteiger partial charge in [0, 0.05) is 36.1 Å². The molecule has 6 rings (SSSR count). The van der Waals surface area contributed by atoms with Crippen molar-refractivity contribution in [1.29, 1.82) is 0 Å². The van der Waals surface area contributed by atoms with Crippen LogP contribution in [0.3, 0.4) is 0 Å². The Kier molecular flexibility index (Phi) is 4.34. The Labute approximate surface area is 176 Å². The maximum atomic E-state index is 12.5. The lowest BCUT2D eigenvalue weighted by molar-refractivity contribution is 0.416. The van der Waals surface area contributed by atoms with E-state index in [4.69, 9.17) is 5.10 Å². The average molecular weight is 403 g/mol. The highest BCUT2D eigenvalue weighted by Gasteiger charge is 2.40. The average Bonchev–Trinajstić information content (AvgIpc) is 3.69. The molecular weight excluding hydrogens is 372 g/mol. The molecule has 2 fully saturated rings. The van der Waals surface area contributed by atoms with Gasteiger partial charge in [-0.2, -0.15) is 5.10 Å². The molecular formula is C25H30N4O. The molecule has 2 aromatic heterocycles. The van der Waals surface area contributed by atoms with Crippen molar-refractivity contribution in [1.82, 2.24) is 20.1 Å². The normalized spacial score (nSPS) is 18.9. The molecule has 3 aromatic rings. The van der Waals surface area contributed by atoms with Crippen molar-refractivity contribution in [3.63, 3.8) is 0 Å². The number of nitrogens with zero attached hydrogens (tertiary/aromatic N) is 2. The SMILES string of the molecule is Cn1nc(-c2ccc(CNC(C3CC3)C3CC3)cc2)c2c3c(c(=O)[nH]c21)CCCC3. The third-order valence-electron chi connectivity index (χ3n) is 7.35. The lowest BCUT2D eigenvalue weighted by atomic mass is 9.89. The monoisotopic (exact) mass is 402 g/mol. The van der Waals surface area contributed by atoms with Gasteiger partial charge in [-0.25, -0.2) is 0 Å². The molecule has 0 amide bonds. The molecule has 2 heterocycles. The highest BCUT2D eigenvalue weighted by Crippen LogP contribution is 2.44. The quantitative estimate of drug-likeness (QED) is 0.653. The number of aryl methyl sites for hydroxylation is 2. The van der Waals surface area contributed by atoms with Crippen molar-refractivity contribution in [2.75, 3.05) is 0 Å². The van der Waals surface area contributed by atoms with Crippen LogP contribution in [-0.4, -0.2) is 20.8 Å². The second kappa shape index (κ2) is 7.09. The molecule has 3 aliphatic rings. The van der Waals surface area contributed by atoms with E-state index in [1.54, 1.807) is 0 Å². The summed E-state index contributed by atoms with van der Waals surface area (Å²) in [5, 5.41) is 9.79. The Hall–Kier alpha value is -2.40. The van der Waals surface area contributed by atoms with E-state index in [1.807, 2.05) is 11.7 Å². The minimum absolute atomic E-state index is 0.0639. The molecule has 0 radical (unpaired) electrons. The molecule has 1 aromatic carbocycles. The van der Waals surface area contributed by atoms with Gasteiger partial charge in [-0.1, -0.05) is 24.3 Å². The van der Waals surface area contributed by atoms with Gasteiger partial charge in [-0.15, -0.1) is 0 Å². The van der Waals surface area contributed by atoms with Crippen molar-refractivity contribution >= 4 is 11.0 Å². The molecule has 156 valence electrons. The van der Waals surface area contributed by atoms with Crippen molar-refractivity contribution in [3.05, 3.63) is 51.3 Å². The summed E-state index contributed by atoms with van der Waals surface area (Å²) in [6.07, 6.45) is 9.73. The van der Waals surface area contributed by atoms with Crippen molar-refractivity contribution in [2.45, 2.75) is 64.0 Å². The number of rotatable bonds is 6. The molecule has 0 unspecified atom stereocenters. The Morgan fingerprint density at radius 3 is 2.40 bits per heavy atom. The van der Waals surface area contributed by atoms with E-state index in [0.717, 1.165) is 78.0 Å². The number of aromatic nitrogens is 3. The summed E-state index contributed by atoms with van der Waals surface area (Å²) in [4.78, 5) is 15.6. The van der Waals surface area contributed by atoms with E-state index in [0.29, 0.717) is 0 Å². The lowest BCUT2D eigenvalue weighted by Crippen LogP contribution is -2.32. The Balaban J connectivity index is 1.30. The standard InChI is InChI=1S/C25H30N4O/c1-29-24-21(19-4-2-3-5-20(19)25(30)27-24)23(28-29)18-8-6-15(7-9-18)14-26-22(16-10-11-16)17-12-13-17/h6-9,16-17,22,26H,2-5,10-14H2,1H3,(H,27,30). The molecule has 5 heteroatoms. The van der Waals surface area contributed by atoms with Crippen LogP contribution in [0.5, 0.6) is 0 Å². The molecule has 0 atom stereocenters. The highest BCUT2D eigenvalue weighted by molar-refractivity contribution is 5.94. The Bertz CT molecular complexity index is 1140. The summed E-state index contributed by atoms with van der Waals surface area (Å²) in [6.45, 7) is 0.948. The number of hydrogen-bond acceptors (Lipinski definition) is 3. The predicted molar refractivity (Wildman–Crippen MR) is 119 cm³/mol. The first kappa shape index (κ1) is 18.4. The van der Waals surface area contributed by atoms with E-state index < -0.39 is 0 Å². The summed E-state index contributed by atoms with van der Waals surface area (Å²) in [5.41, 5.74) is 6.55. The van der Waals surface area contributed by atoms with Crippen LogP contribution in [0.1, 0.15) is 55.2 Å². The zero-order valence-electron chi connectivity index (χ0n) is 17.7. The lowest BCUT2D eigenvalue weighted by Gasteiger charge is -2.18. The van der Waals surface area contributed by atoms with Crippen molar-refractivity contribution in [3.8, 4) is 11.3 Å². The van der Waals surface area contributed by atoms with E-state index in [2.05, 4.69) is 34.6 Å². The zero-order chi connectivity index (χ0) is 20.2. The van der Waals surface area contributed by atoms with E-state index in [-0.39, 0.29) is 5.56 Å². The second-order valence-corrected chi connectivity index (χ2v) is 9.59. The highest BCUT2D eigenvalue weighted by atomic mass is 16.1. The number of aromatic amines is 1. The van der Waals surface area contributed by atoms with Crippen LogP contribution in [0.15, 0.2) is 29.1 Å². The molecule has 3 aliphatic carbocycles. The summed E-state index contributed by atoms with van der Waals surface area (Å²) in [7, 11) is 1.92. The third-order valence-corrected chi connectivity index (χ3v) is 7.35. The largest absolute Gasteiger partial charge is 0.309 e. The second-order valence-electron chi connectivity index (χ2n) is 9.59. The fourth-order valence-corrected chi connectivity index (χ4v) is 5.42. The van der Waals surface area contributed by atoms with Gasteiger partial charge < -0.3 is 10.3 Å². The van der Waals surface area contributed by atoms with E-state index >= 15 is 0 Å². The maximum Gasteiger partial charge on any atom is 0.253 e. The molecule has 0 aliphatic heterocycles. The first-order chi connectivity index (χ1) is 14.7. The molecule has 30 heavy (non-hydrogen) atoms. The smallest absolute Gasteiger partial charge is 0.253 e. The van der Waals surface area contributed by atoms with Crippen molar-refractivity contribution in [2.24, 2.45) is 18.9 Å². The number of benzene rings is 1. The summed E-state index contributed by atoms with van der Waals surface area (Å²) >= 11 is 0. The van der Waals surface area contributed by atoms with Crippen LogP contribution in [0.4, 0.5) is 0 Å². The van der Waals surface area contributed by atoms with Gasteiger partial charge in [0.1, 0.15) is 11.3 Å². The van der Waals surface area contributed by atoms with Crippen LogP contribution in [-0.2, 0) is 26.4 Å². The minimum Gasteiger partial charge on any atom is -0.309 e. The molecule has 2 N–H and O–H groups in total. The Morgan fingerprint density at radius 2 is 1.73 bits per heavy atom. The van der Waals surface area contributed by atoms with E-state index in [1.165, 1.54) is 36.8 Å². The van der Waals surface area contributed by atoms with Crippen LogP contribution >= 0.6 is 0 Å². The van der Waals surface area contributed by atoms with Gasteiger partial charge >= 0.3 is 0 Å². The fourth-order valence-electron chi connectivity index (χ4n) is 5.42.